The minimum Gasteiger partial charge on any atom is -0.481 e. The first-order valence-corrected chi connectivity index (χ1v) is 6.91. The van der Waals surface area contributed by atoms with Crippen LogP contribution in [-0.2, 0) is 20.5 Å². The second-order valence-corrected chi connectivity index (χ2v) is 6.09. The molecule has 1 aliphatic heterocycles. The van der Waals surface area contributed by atoms with Gasteiger partial charge in [-0.3, -0.25) is 9.78 Å². The van der Waals surface area contributed by atoms with Crippen LogP contribution in [0.2, 0.25) is 0 Å². The largest absolute Gasteiger partial charge is 0.487 e. The van der Waals surface area contributed by atoms with E-state index < -0.39 is 13.1 Å². The van der Waals surface area contributed by atoms with Gasteiger partial charge in [0.2, 0.25) is 0 Å². The Balaban J connectivity index is 2.14. The van der Waals surface area contributed by atoms with Crippen LogP contribution in [0.1, 0.15) is 39.0 Å². The first kappa shape index (κ1) is 15.7. The van der Waals surface area contributed by atoms with E-state index >= 15 is 0 Å². The Morgan fingerprint density at radius 3 is 2.52 bits per heavy atom. The lowest BCUT2D eigenvalue weighted by Gasteiger charge is -2.32. The maximum absolute atomic E-state index is 10.8. The van der Waals surface area contributed by atoms with Gasteiger partial charge in [0.1, 0.15) is 0 Å². The Kier molecular flexibility index (Phi) is 4.21. The molecule has 0 radical (unpaired) electrons. The third-order valence-corrected chi connectivity index (χ3v) is 3.95. The summed E-state index contributed by atoms with van der Waals surface area (Å²) in [6, 6.07) is 3.60. The van der Waals surface area contributed by atoms with Gasteiger partial charge >= 0.3 is 13.1 Å². The normalized spacial score (nSPS) is 20.1. The third kappa shape index (κ3) is 3.51. The Morgan fingerprint density at radius 1 is 1.33 bits per heavy atom. The lowest BCUT2D eigenvalue weighted by Crippen LogP contribution is -2.41. The van der Waals surface area contributed by atoms with Crippen LogP contribution < -0.4 is 0 Å². The number of aromatic nitrogens is 1. The molecule has 0 aliphatic carbocycles. The number of carbonyl (C=O) groups is 1. The van der Waals surface area contributed by atoms with Crippen LogP contribution in [0.15, 0.2) is 24.3 Å². The topological polar surface area (TPSA) is 68.7 Å². The molecule has 0 atom stereocenters. The molecule has 2 heterocycles. The summed E-state index contributed by atoms with van der Waals surface area (Å²) in [5, 5.41) is 8.89. The summed E-state index contributed by atoms with van der Waals surface area (Å²) in [5.41, 5.74) is 0.508. The number of rotatable bonds is 4. The van der Waals surface area contributed by atoms with Gasteiger partial charge in [0, 0.05) is 6.20 Å². The van der Waals surface area contributed by atoms with E-state index in [0.29, 0.717) is 5.69 Å². The highest BCUT2D eigenvalue weighted by Gasteiger charge is 2.49. The van der Waals surface area contributed by atoms with Crippen molar-refractivity contribution in [1.82, 2.24) is 4.98 Å². The first-order valence-electron chi connectivity index (χ1n) is 6.91. The Morgan fingerprint density at radius 2 is 1.95 bits per heavy atom. The molecule has 1 aromatic heterocycles. The van der Waals surface area contributed by atoms with Crippen molar-refractivity contribution < 1.29 is 19.2 Å². The van der Waals surface area contributed by atoms with Crippen LogP contribution >= 0.6 is 0 Å². The molecule has 0 bridgehead atoms. The minimum absolute atomic E-state index is 0.107. The molecule has 2 rings (SSSR count). The SMILES string of the molecule is CC1(C)OB(/C=C/c2cccnc2CC(=O)O)OC1(C)C. The smallest absolute Gasteiger partial charge is 0.481 e. The summed E-state index contributed by atoms with van der Waals surface area (Å²) in [5.74, 6) is 0.887. The van der Waals surface area contributed by atoms with E-state index in [1.807, 2.05) is 33.8 Å². The van der Waals surface area contributed by atoms with Crippen LogP contribution in [0.4, 0.5) is 0 Å². The molecule has 1 saturated heterocycles. The van der Waals surface area contributed by atoms with E-state index in [0.717, 1.165) is 5.56 Å². The Labute approximate surface area is 125 Å². The van der Waals surface area contributed by atoms with E-state index in [-0.39, 0.29) is 17.6 Å². The van der Waals surface area contributed by atoms with E-state index in [2.05, 4.69) is 4.98 Å². The van der Waals surface area contributed by atoms with Crippen molar-refractivity contribution in [3.05, 3.63) is 35.6 Å². The zero-order valence-corrected chi connectivity index (χ0v) is 12.8. The molecular formula is C15H20BNO4. The second-order valence-electron chi connectivity index (χ2n) is 6.09. The summed E-state index contributed by atoms with van der Waals surface area (Å²) in [6.45, 7) is 7.95. The number of nitrogens with zero attached hydrogens (tertiary/aromatic N) is 1. The third-order valence-electron chi connectivity index (χ3n) is 3.95. The quantitative estimate of drug-likeness (QED) is 0.862. The molecule has 21 heavy (non-hydrogen) atoms. The molecule has 0 unspecified atom stereocenters. The molecule has 1 aromatic rings. The number of aliphatic carboxylic acids is 1. The molecule has 1 fully saturated rings. The lowest BCUT2D eigenvalue weighted by atomic mass is 9.89. The summed E-state index contributed by atoms with van der Waals surface area (Å²) in [4.78, 5) is 14.9. The zero-order chi connectivity index (χ0) is 15.7. The van der Waals surface area contributed by atoms with Crippen molar-refractivity contribution >= 4 is 19.2 Å². The molecule has 1 N–H and O–H groups in total. The fourth-order valence-electron chi connectivity index (χ4n) is 2.04. The van der Waals surface area contributed by atoms with Crippen LogP contribution in [-0.4, -0.2) is 34.4 Å². The van der Waals surface area contributed by atoms with E-state index in [4.69, 9.17) is 14.4 Å². The van der Waals surface area contributed by atoms with E-state index in [1.165, 1.54) is 0 Å². The predicted molar refractivity (Wildman–Crippen MR) is 80.7 cm³/mol. The molecule has 5 nitrogen and oxygen atoms in total. The molecule has 6 heteroatoms. The van der Waals surface area contributed by atoms with Crippen molar-refractivity contribution in [1.29, 1.82) is 0 Å². The van der Waals surface area contributed by atoms with Gasteiger partial charge in [0.15, 0.2) is 0 Å². The van der Waals surface area contributed by atoms with Gasteiger partial charge in [0.25, 0.3) is 0 Å². The van der Waals surface area contributed by atoms with Gasteiger partial charge < -0.3 is 14.4 Å². The van der Waals surface area contributed by atoms with Crippen molar-refractivity contribution in [3.8, 4) is 0 Å². The van der Waals surface area contributed by atoms with Crippen molar-refractivity contribution in [3.63, 3.8) is 0 Å². The average Bonchev–Trinajstić information content (AvgIpc) is 2.56. The Bertz CT molecular complexity index is 553. The van der Waals surface area contributed by atoms with Gasteiger partial charge in [-0.05, 0) is 39.3 Å². The Hall–Kier alpha value is -1.66. The average molecular weight is 289 g/mol. The van der Waals surface area contributed by atoms with Crippen molar-refractivity contribution in [2.45, 2.75) is 45.3 Å². The molecule has 1 aliphatic rings. The fraction of sp³-hybridized carbons (Fsp3) is 0.467. The summed E-state index contributed by atoms with van der Waals surface area (Å²) in [6.07, 6.45) is 3.28. The van der Waals surface area contributed by atoms with E-state index in [1.54, 1.807) is 24.3 Å². The molecule has 0 saturated carbocycles. The molecule has 0 spiro atoms. The maximum atomic E-state index is 10.8. The summed E-state index contributed by atoms with van der Waals surface area (Å²) in [7, 11) is -0.451. The van der Waals surface area contributed by atoms with Gasteiger partial charge in [-0.2, -0.15) is 0 Å². The number of pyridine rings is 1. The standard InChI is InChI=1S/C15H20BNO4/c1-14(2)15(3,4)21-16(20-14)8-7-11-6-5-9-17-12(11)10-13(18)19/h5-9H,10H2,1-4H3,(H,18,19)/b8-7+. The minimum atomic E-state index is -0.904. The highest BCUT2D eigenvalue weighted by molar-refractivity contribution is 6.52. The van der Waals surface area contributed by atoms with Crippen molar-refractivity contribution in [2.75, 3.05) is 0 Å². The summed E-state index contributed by atoms with van der Waals surface area (Å²) >= 11 is 0. The number of carboxylic acid groups (broad SMARTS) is 1. The predicted octanol–water partition coefficient (Wildman–Crippen LogP) is 2.35. The van der Waals surface area contributed by atoms with Crippen LogP contribution in [0.5, 0.6) is 0 Å². The van der Waals surface area contributed by atoms with Crippen LogP contribution in [0, 0.1) is 0 Å². The van der Waals surface area contributed by atoms with Gasteiger partial charge in [-0.1, -0.05) is 18.1 Å². The second kappa shape index (κ2) is 5.62. The van der Waals surface area contributed by atoms with Crippen LogP contribution in [0.25, 0.3) is 6.08 Å². The molecular weight excluding hydrogens is 269 g/mol. The molecule has 0 amide bonds. The number of hydrogen-bond donors (Lipinski definition) is 1. The first-order chi connectivity index (χ1) is 9.71. The van der Waals surface area contributed by atoms with Crippen LogP contribution in [0.3, 0.4) is 0 Å². The molecule has 0 aromatic carbocycles. The number of carboxylic acids is 1. The molecule has 112 valence electrons. The highest BCUT2D eigenvalue weighted by Crippen LogP contribution is 2.37. The van der Waals surface area contributed by atoms with Crippen molar-refractivity contribution in [2.24, 2.45) is 0 Å². The monoisotopic (exact) mass is 289 g/mol. The highest BCUT2D eigenvalue weighted by atomic mass is 16.7. The lowest BCUT2D eigenvalue weighted by molar-refractivity contribution is -0.136. The van der Waals surface area contributed by atoms with E-state index in [9.17, 15) is 4.79 Å². The summed E-state index contributed by atoms with van der Waals surface area (Å²) < 4.78 is 11.7. The van der Waals surface area contributed by atoms with Gasteiger partial charge in [-0.25, -0.2) is 0 Å². The fourth-order valence-corrected chi connectivity index (χ4v) is 2.04. The van der Waals surface area contributed by atoms with Gasteiger partial charge in [0.05, 0.1) is 23.3 Å². The maximum Gasteiger partial charge on any atom is 0.487 e. The zero-order valence-electron chi connectivity index (χ0n) is 12.8. The number of hydrogen-bond acceptors (Lipinski definition) is 4. The van der Waals surface area contributed by atoms with Gasteiger partial charge in [-0.15, -0.1) is 0 Å².